The fourth-order valence-electron chi connectivity index (χ4n) is 2.35. The van der Waals surface area contributed by atoms with E-state index >= 15 is 0 Å². The lowest BCUT2D eigenvalue weighted by atomic mass is 10.3. The van der Waals surface area contributed by atoms with Crippen LogP contribution in [0.5, 0.6) is 17.2 Å². The molecule has 0 spiro atoms. The second-order valence-electron chi connectivity index (χ2n) is 6.05. The van der Waals surface area contributed by atoms with Crippen LogP contribution in [0.1, 0.15) is 22.7 Å². The highest BCUT2D eigenvalue weighted by molar-refractivity contribution is 5.91. The summed E-state index contributed by atoms with van der Waals surface area (Å²) in [7, 11) is 0. The summed E-state index contributed by atoms with van der Waals surface area (Å²) >= 11 is 0. The predicted octanol–water partition coefficient (Wildman–Crippen LogP) is 2.13. The number of aromatic nitrogens is 1. The van der Waals surface area contributed by atoms with Crippen LogP contribution in [-0.4, -0.2) is 36.4 Å². The SMILES string of the molecule is C=C(CCNC(=O)c1cc(C)no1)NC(=O)COc1ccc2c(c1)OC(F)(F)O2. The van der Waals surface area contributed by atoms with Crippen molar-refractivity contribution in [3.05, 3.63) is 48.0 Å². The van der Waals surface area contributed by atoms with Crippen LogP contribution >= 0.6 is 0 Å². The molecule has 0 fully saturated rings. The number of nitrogens with one attached hydrogen (secondary N) is 2. The topological polar surface area (TPSA) is 112 Å². The number of amides is 2. The molecule has 3 rings (SSSR count). The van der Waals surface area contributed by atoms with Gasteiger partial charge in [-0.3, -0.25) is 9.59 Å². The van der Waals surface area contributed by atoms with Crippen molar-refractivity contribution >= 4 is 11.8 Å². The van der Waals surface area contributed by atoms with E-state index in [1.54, 1.807) is 6.92 Å². The maximum Gasteiger partial charge on any atom is 0.586 e. The zero-order valence-corrected chi connectivity index (χ0v) is 15.3. The molecule has 154 valence electrons. The Morgan fingerprint density at radius 1 is 1.24 bits per heavy atom. The van der Waals surface area contributed by atoms with Crippen molar-refractivity contribution in [3.8, 4) is 17.2 Å². The number of benzene rings is 1. The third-order valence-corrected chi connectivity index (χ3v) is 3.62. The largest absolute Gasteiger partial charge is 0.586 e. The minimum atomic E-state index is -3.72. The number of hydrogen-bond acceptors (Lipinski definition) is 7. The van der Waals surface area contributed by atoms with Crippen molar-refractivity contribution in [2.45, 2.75) is 19.6 Å². The van der Waals surface area contributed by atoms with Gasteiger partial charge in [0.15, 0.2) is 18.1 Å². The molecule has 1 aromatic carbocycles. The highest BCUT2D eigenvalue weighted by Crippen LogP contribution is 2.42. The summed E-state index contributed by atoms with van der Waals surface area (Å²) in [6.07, 6.45) is -3.44. The number of aryl methyl sites for hydroxylation is 1. The summed E-state index contributed by atoms with van der Waals surface area (Å²) < 4.78 is 44.6. The van der Waals surface area contributed by atoms with Crippen molar-refractivity contribution in [1.82, 2.24) is 15.8 Å². The van der Waals surface area contributed by atoms with Gasteiger partial charge in [-0.25, -0.2) is 0 Å². The average molecular weight is 409 g/mol. The summed E-state index contributed by atoms with van der Waals surface area (Å²) in [6.45, 7) is 5.23. The predicted molar refractivity (Wildman–Crippen MR) is 93.6 cm³/mol. The van der Waals surface area contributed by atoms with Crippen LogP contribution in [0.15, 0.2) is 41.1 Å². The molecule has 29 heavy (non-hydrogen) atoms. The van der Waals surface area contributed by atoms with Crippen molar-refractivity contribution < 1.29 is 37.1 Å². The Morgan fingerprint density at radius 2 is 2.00 bits per heavy atom. The first-order chi connectivity index (χ1) is 13.7. The third kappa shape index (κ3) is 5.43. The smallest absolute Gasteiger partial charge is 0.484 e. The third-order valence-electron chi connectivity index (χ3n) is 3.62. The van der Waals surface area contributed by atoms with Crippen LogP contribution in [0.25, 0.3) is 0 Å². The summed E-state index contributed by atoms with van der Waals surface area (Å²) in [5, 5.41) is 8.73. The molecule has 1 aliphatic rings. The quantitative estimate of drug-likeness (QED) is 0.687. The molecule has 2 heterocycles. The number of alkyl halides is 2. The first-order valence-electron chi connectivity index (χ1n) is 8.44. The van der Waals surface area contributed by atoms with Gasteiger partial charge in [-0.1, -0.05) is 11.7 Å². The maximum absolute atomic E-state index is 13.0. The van der Waals surface area contributed by atoms with Gasteiger partial charge < -0.3 is 29.4 Å². The van der Waals surface area contributed by atoms with E-state index in [4.69, 9.17) is 9.26 Å². The van der Waals surface area contributed by atoms with E-state index in [9.17, 15) is 18.4 Å². The van der Waals surface area contributed by atoms with Crippen LogP contribution in [0.2, 0.25) is 0 Å². The van der Waals surface area contributed by atoms with Crippen molar-refractivity contribution in [1.29, 1.82) is 0 Å². The van der Waals surface area contributed by atoms with E-state index < -0.39 is 18.1 Å². The Morgan fingerprint density at radius 3 is 2.72 bits per heavy atom. The van der Waals surface area contributed by atoms with E-state index in [2.05, 4.69) is 31.8 Å². The zero-order chi connectivity index (χ0) is 21.0. The van der Waals surface area contributed by atoms with Crippen LogP contribution in [-0.2, 0) is 4.79 Å². The second-order valence-corrected chi connectivity index (χ2v) is 6.05. The summed E-state index contributed by atoms with van der Waals surface area (Å²) in [4.78, 5) is 23.7. The normalized spacial score (nSPS) is 13.6. The van der Waals surface area contributed by atoms with E-state index in [1.807, 2.05) is 0 Å². The maximum atomic E-state index is 13.0. The Labute approximate surface area is 163 Å². The van der Waals surface area contributed by atoms with E-state index in [1.165, 1.54) is 24.3 Å². The monoisotopic (exact) mass is 409 g/mol. The molecule has 0 aliphatic carbocycles. The van der Waals surface area contributed by atoms with Gasteiger partial charge in [0, 0.05) is 30.8 Å². The molecular formula is C18H17F2N3O6. The number of hydrogen-bond donors (Lipinski definition) is 2. The van der Waals surface area contributed by atoms with Gasteiger partial charge >= 0.3 is 6.29 Å². The number of ether oxygens (including phenoxy) is 3. The molecular weight excluding hydrogens is 392 g/mol. The second kappa shape index (κ2) is 8.17. The van der Waals surface area contributed by atoms with E-state index in [0.29, 0.717) is 11.4 Å². The van der Waals surface area contributed by atoms with Crippen molar-refractivity contribution in [2.24, 2.45) is 0 Å². The molecule has 1 aromatic heterocycles. The summed E-state index contributed by atoms with van der Waals surface area (Å²) in [6, 6.07) is 5.31. The van der Waals surface area contributed by atoms with Gasteiger partial charge in [0.1, 0.15) is 5.75 Å². The van der Waals surface area contributed by atoms with E-state index in [0.717, 1.165) is 0 Å². The number of halogens is 2. The zero-order valence-electron chi connectivity index (χ0n) is 15.3. The molecule has 11 heteroatoms. The summed E-state index contributed by atoms with van der Waals surface area (Å²) in [5.74, 6) is -0.998. The van der Waals surface area contributed by atoms with Gasteiger partial charge in [0.25, 0.3) is 11.8 Å². The molecule has 0 saturated heterocycles. The minimum absolute atomic E-state index is 0.0898. The average Bonchev–Trinajstić information content (AvgIpc) is 3.20. The number of fused-ring (bicyclic) bond motifs is 1. The molecule has 9 nitrogen and oxygen atoms in total. The molecule has 0 saturated carbocycles. The highest BCUT2D eigenvalue weighted by atomic mass is 19.3. The number of nitrogens with zero attached hydrogens (tertiary/aromatic N) is 1. The fraction of sp³-hybridized carbons (Fsp3) is 0.278. The number of carbonyl (C=O) groups is 2. The molecule has 0 unspecified atom stereocenters. The highest BCUT2D eigenvalue weighted by Gasteiger charge is 2.43. The Bertz CT molecular complexity index is 943. The van der Waals surface area contributed by atoms with Crippen LogP contribution in [0.4, 0.5) is 8.78 Å². The molecule has 2 aromatic rings. The van der Waals surface area contributed by atoms with Crippen LogP contribution in [0.3, 0.4) is 0 Å². The fourth-order valence-corrected chi connectivity index (χ4v) is 2.35. The molecule has 2 N–H and O–H groups in total. The van der Waals surface area contributed by atoms with Crippen molar-refractivity contribution in [3.63, 3.8) is 0 Å². The Kier molecular flexibility index (Phi) is 5.66. The summed E-state index contributed by atoms with van der Waals surface area (Å²) in [5.41, 5.74) is 0.945. The van der Waals surface area contributed by atoms with Gasteiger partial charge in [0.2, 0.25) is 5.76 Å². The van der Waals surface area contributed by atoms with Crippen LogP contribution < -0.4 is 24.8 Å². The Balaban J connectivity index is 1.37. The molecule has 0 radical (unpaired) electrons. The van der Waals surface area contributed by atoms with Gasteiger partial charge in [-0.05, 0) is 19.1 Å². The molecule has 0 atom stereocenters. The molecule has 0 bridgehead atoms. The lowest BCUT2D eigenvalue weighted by Crippen LogP contribution is -2.30. The minimum Gasteiger partial charge on any atom is -0.484 e. The number of rotatable bonds is 8. The standard InChI is InChI=1S/C18H17F2N3O6/c1-10(5-6-21-17(25)15-7-11(2)23-29-15)22-16(24)9-26-12-3-4-13-14(8-12)28-18(19,20)27-13/h3-4,7-8H,1,5-6,9H2,2H3,(H,21,25)(H,22,24). The Hall–Kier alpha value is -3.63. The molecule has 2 amide bonds. The van der Waals surface area contributed by atoms with E-state index in [-0.39, 0.29) is 42.6 Å². The van der Waals surface area contributed by atoms with Gasteiger partial charge in [-0.15, -0.1) is 8.78 Å². The first kappa shape index (κ1) is 20.1. The number of carbonyl (C=O) groups excluding carboxylic acids is 2. The van der Waals surface area contributed by atoms with Crippen molar-refractivity contribution in [2.75, 3.05) is 13.2 Å². The van der Waals surface area contributed by atoms with Gasteiger partial charge in [-0.2, -0.15) is 0 Å². The van der Waals surface area contributed by atoms with Crippen LogP contribution in [0, 0.1) is 6.92 Å². The molecule has 1 aliphatic heterocycles. The van der Waals surface area contributed by atoms with Gasteiger partial charge in [0.05, 0.1) is 5.69 Å². The lowest BCUT2D eigenvalue weighted by Gasteiger charge is -2.10. The first-order valence-corrected chi connectivity index (χ1v) is 8.44. The lowest BCUT2D eigenvalue weighted by molar-refractivity contribution is -0.286.